The Hall–Kier alpha value is -0.000000000000000111. The summed E-state index contributed by atoms with van der Waals surface area (Å²) in [7, 11) is 0. The van der Waals surface area contributed by atoms with Gasteiger partial charge in [0.15, 0.2) is 5.12 Å². The van der Waals surface area contributed by atoms with Gasteiger partial charge in [0.1, 0.15) is 6.29 Å². The summed E-state index contributed by atoms with van der Waals surface area (Å²) < 4.78 is 0. The van der Waals surface area contributed by atoms with Crippen LogP contribution in [0.1, 0.15) is 110 Å². The van der Waals surface area contributed by atoms with E-state index in [1.165, 1.54) is 88.8 Å². The molecule has 0 heterocycles. The SMILES string of the molecule is CCCCCCCCCCCCCCCC(=O)SCC(CC)N[C@H](C=O)CS. The molecule has 0 saturated carbocycles. The summed E-state index contributed by atoms with van der Waals surface area (Å²) in [5.74, 6) is 1.24. The van der Waals surface area contributed by atoms with Gasteiger partial charge >= 0.3 is 0 Å². The Balaban J connectivity index is 3.46. The Bertz CT molecular complexity index is 367. The average Bonchev–Trinajstić information content (AvgIpc) is 2.71. The molecule has 0 aromatic carbocycles. The average molecular weight is 432 g/mol. The van der Waals surface area contributed by atoms with Gasteiger partial charge in [-0.15, -0.1) is 0 Å². The van der Waals surface area contributed by atoms with Crippen LogP contribution in [0.5, 0.6) is 0 Å². The summed E-state index contributed by atoms with van der Waals surface area (Å²) >= 11 is 5.58. The Kier molecular flexibility index (Phi) is 21.7. The Morgan fingerprint density at radius 3 is 1.82 bits per heavy atom. The lowest BCUT2D eigenvalue weighted by molar-refractivity contribution is -0.111. The highest BCUT2D eigenvalue weighted by atomic mass is 32.2. The standard InChI is InChI=1S/C23H45NO2S2/c1-3-5-6-7-8-9-10-11-12-13-14-15-16-17-23(26)28-20-21(4-2)24-22(18-25)19-27/h18,21-22,24,27H,3-17,19-20H2,1-2H3/t21?,22-/m1/s1. The Morgan fingerprint density at radius 2 is 1.39 bits per heavy atom. The minimum absolute atomic E-state index is 0.197. The molecule has 0 spiro atoms. The molecule has 0 aliphatic rings. The van der Waals surface area contributed by atoms with Gasteiger partial charge in [-0.25, -0.2) is 0 Å². The third kappa shape index (κ3) is 18.1. The number of nitrogens with one attached hydrogen (secondary N) is 1. The first-order chi connectivity index (χ1) is 13.7. The first-order valence-electron chi connectivity index (χ1n) is 11.7. The number of carbonyl (C=O) groups is 2. The fourth-order valence-electron chi connectivity index (χ4n) is 3.27. The van der Waals surface area contributed by atoms with Crippen LogP contribution in [-0.2, 0) is 9.59 Å². The fraction of sp³-hybridized carbons (Fsp3) is 0.913. The molecule has 28 heavy (non-hydrogen) atoms. The molecule has 0 radical (unpaired) electrons. The molecule has 0 aromatic rings. The fourth-order valence-corrected chi connectivity index (χ4v) is 4.47. The highest BCUT2D eigenvalue weighted by Crippen LogP contribution is 2.15. The smallest absolute Gasteiger partial charge is 0.188 e. The maximum Gasteiger partial charge on any atom is 0.188 e. The molecule has 0 saturated heterocycles. The summed E-state index contributed by atoms with van der Waals surface area (Å²) in [6.45, 7) is 4.35. The second kappa shape index (κ2) is 21.7. The van der Waals surface area contributed by atoms with E-state index in [4.69, 9.17) is 0 Å². The Morgan fingerprint density at radius 1 is 0.893 bits per heavy atom. The largest absolute Gasteiger partial charge is 0.303 e. The number of aldehydes is 1. The molecule has 0 amide bonds. The lowest BCUT2D eigenvalue weighted by Gasteiger charge is -2.19. The van der Waals surface area contributed by atoms with E-state index in [1.54, 1.807) is 0 Å². The molecule has 0 aliphatic carbocycles. The van der Waals surface area contributed by atoms with Gasteiger partial charge in [0.05, 0.1) is 6.04 Å². The van der Waals surface area contributed by atoms with Crippen molar-refractivity contribution in [2.75, 3.05) is 11.5 Å². The highest BCUT2D eigenvalue weighted by molar-refractivity contribution is 8.13. The Labute approximate surface area is 184 Å². The monoisotopic (exact) mass is 431 g/mol. The lowest BCUT2D eigenvalue weighted by atomic mass is 10.0. The summed E-state index contributed by atoms with van der Waals surface area (Å²) in [5, 5.41) is 3.55. The van der Waals surface area contributed by atoms with Gasteiger partial charge in [0.25, 0.3) is 0 Å². The predicted octanol–water partition coefficient (Wildman–Crippen LogP) is 6.59. The molecule has 0 bridgehead atoms. The van der Waals surface area contributed by atoms with Crippen molar-refractivity contribution in [2.24, 2.45) is 0 Å². The lowest BCUT2D eigenvalue weighted by Crippen LogP contribution is -2.41. The van der Waals surface area contributed by atoms with E-state index in [1.807, 2.05) is 0 Å². The molecule has 2 atom stereocenters. The molecule has 0 fully saturated rings. The number of thioether (sulfide) groups is 1. The zero-order valence-corrected chi connectivity index (χ0v) is 20.1. The minimum atomic E-state index is -0.218. The number of unbranched alkanes of at least 4 members (excludes halogenated alkanes) is 12. The zero-order chi connectivity index (χ0) is 20.9. The summed E-state index contributed by atoms with van der Waals surface area (Å²) in [5.41, 5.74) is 0. The van der Waals surface area contributed by atoms with Crippen molar-refractivity contribution in [3.05, 3.63) is 0 Å². The van der Waals surface area contributed by atoms with Crippen LogP contribution in [0.15, 0.2) is 0 Å². The molecule has 3 nitrogen and oxygen atoms in total. The van der Waals surface area contributed by atoms with Crippen molar-refractivity contribution >= 4 is 35.8 Å². The van der Waals surface area contributed by atoms with Crippen LogP contribution >= 0.6 is 24.4 Å². The third-order valence-electron chi connectivity index (χ3n) is 5.23. The van der Waals surface area contributed by atoms with Crippen molar-refractivity contribution in [2.45, 2.75) is 122 Å². The van der Waals surface area contributed by atoms with E-state index in [9.17, 15) is 9.59 Å². The molecule has 0 aromatic heterocycles. The predicted molar refractivity (Wildman–Crippen MR) is 129 cm³/mol. The van der Waals surface area contributed by atoms with E-state index < -0.39 is 0 Å². The maximum atomic E-state index is 12.0. The van der Waals surface area contributed by atoms with Gasteiger partial charge in [-0.05, 0) is 12.8 Å². The van der Waals surface area contributed by atoms with Gasteiger partial charge in [-0.1, -0.05) is 103 Å². The van der Waals surface area contributed by atoms with E-state index in [2.05, 4.69) is 31.8 Å². The van der Waals surface area contributed by atoms with Gasteiger partial charge in [0, 0.05) is 24.0 Å². The van der Waals surface area contributed by atoms with Gasteiger partial charge in [-0.3, -0.25) is 4.79 Å². The van der Waals surface area contributed by atoms with E-state index in [0.29, 0.717) is 12.2 Å². The molecule has 5 heteroatoms. The molecular formula is C23H45NO2S2. The second-order valence-electron chi connectivity index (χ2n) is 7.87. The molecule has 166 valence electrons. The van der Waals surface area contributed by atoms with Crippen LogP contribution in [0.4, 0.5) is 0 Å². The van der Waals surface area contributed by atoms with Crippen LogP contribution in [0.2, 0.25) is 0 Å². The van der Waals surface area contributed by atoms with E-state index >= 15 is 0 Å². The van der Waals surface area contributed by atoms with Crippen LogP contribution in [0, 0.1) is 0 Å². The van der Waals surface area contributed by atoms with Crippen LogP contribution in [-0.4, -0.2) is 35.0 Å². The van der Waals surface area contributed by atoms with Crippen molar-refractivity contribution in [3.8, 4) is 0 Å². The second-order valence-corrected chi connectivity index (χ2v) is 9.32. The molecule has 1 N–H and O–H groups in total. The summed E-state index contributed by atoms with van der Waals surface area (Å²) in [6.07, 6.45) is 19.8. The number of hydrogen-bond donors (Lipinski definition) is 2. The zero-order valence-electron chi connectivity index (χ0n) is 18.4. The van der Waals surface area contributed by atoms with Crippen molar-refractivity contribution in [3.63, 3.8) is 0 Å². The van der Waals surface area contributed by atoms with E-state index in [0.717, 1.165) is 24.9 Å². The van der Waals surface area contributed by atoms with Crippen LogP contribution in [0.3, 0.4) is 0 Å². The van der Waals surface area contributed by atoms with Crippen LogP contribution in [0.25, 0.3) is 0 Å². The maximum absolute atomic E-state index is 12.0. The molecular weight excluding hydrogens is 386 g/mol. The first-order valence-corrected chi connectivity index (χ1v) is 13.3. The first kappa shape index (κ1) is 28.0. The number of rotatable bonds is 21. The number of carbonyl (C=O) groups excluding carboxylic acids is 2. The van der Waals surface area contributed by atoms with Gasteiger partial charge in [-0.2, -0.15) is 12.6 Å². The molecule has 0 aliphatic heterocycles. The quantitative estimate of drug-likeness (QED) is 0.122. The van der Waals surface area contributed by atoms with Crippen molar-refractivity contribution in [1.82, 2.24) is 5.32 Å². The van der Waals surface area contributed by atoms with Gasteiger partial charge in [0.2, 0.25) is 0 Å². The van der Waals surface area contributed by atoms with Crippen molar-refractivity contribution in [1.29, 1.82) is 0 Å². The van der Waals surface area contributed by atoms with Crippen LogP contribution < -0.4 is 5.32 Å². The highest BCUT2D eigenvalue weighted by Gasteiger charge is 2.14. The minimum Gasteiger partial charge on any atom is -0.303 e. The van der Waals surface area contributed by atoms with Crippen molar-refractivity contribution < 1.29 is 9.59 Å². The molecule has 1 unspecified atom stereocenters. The summed E-state index contributed by atoms with van der Waals surface area (Å²) in [4.78, 5) is 22.9. The number of thiol groups is 1. The summed E-state index contributed by atoms with van der Waals surface area (Å²) in [6, 6.07) is -0.0204. The van der Waals surface area contributed by atoms with Gasteiger partial charge < -0.3 is 10.1 Å². The molecule has 0 rings (SSSR count). The third-order valence-corrected chi connectivity index (χ3v) is 6.72. The van der Waals surface area contributed by atoms with E-state index in [-0.39, 0.29) is 17.2 Å². The topological polar surface area (TPSA) is 46.2 Å². The number of hydrogen-bond acceptors (Lipinski definition) is 5. The normalized spacial score (nSPS) is 13.4.